The minimum absolute atomic E-state index is 0.0319. The van der Waals surface area contributed by atoms with E-state index in [-0.39, 0.29) is 5.56 Å². The van der Waals surface area contributed by atoms with E-state index in [0.29, 0.717) is 18.5 Å². The number of anilines is 1. The zero-order valence-corrected chi connectivity index (χ0v) is 17.7. The van der Waals surface area contributed by atoms with Crippen LogP contribution < -0.4 is 15.8 Å². The minimum atomic E-state index is -0.617. The third-order valence-corrected chi connectivity index (χ3v) is 6.02. The van der Waals surface area contributed by atoms with E-state index in [1.807, 2.05) is 12.1 Å². The molecule has 160 valence electrons. The second-order valence-corrected chi connectivity index (χ2v) is 8.10. The highest BCUT2D eigenvalue weighted by atomic mass is 16.4. The first-order valence-electron chi connectivity index (χ1n) is 10.9. The lowest BCUT2D eigenvalue weighted by Gasteiger charge is -2.30. The predicted octanol–water partition coefficient (Wildman–Crippen LogP) is 4.33. The van der Waals surface area contributed by atoms with Crippen LogP contribution in [0.25, 0.3) is 11.0 Å². The van der Waals surface area contributed by atoms with Gasteiger partial charge in [-0.25, -0.2) is 4.79 Å². The van der Waals surface area contributed by atoms with E-state index in [1.54, 1.807) is 18.2 Å². The van der Waals surface area contributed by atoms with Crippen LogP contribution in [0.5, 0.6) is 0 Å². The number of fused-ring (bicyclic) bond motifs is 2. The Labute approximate surface area is 186 Å². The Hall–Kier alpha value is -3.86. The number of carbonyl (C=O) groups is 1. The van der Waals surface area contributed by atoms with Crippen molar-refractivity contribution in [3.63, 3.8) is 0 Å². The molecule has 5 heteroatoms. The van der Waals surface area contributed by atoms with Gasteiger partial charge in [-0.05, 0) is 53.8 Å². The van der Waals surface area contributed by atoms with Crippen molar-refractivity contribution in [2.24, 2.45) is 0 Å². The summed E-state index contributed by atoms with van der Waals surface area (Å²) in [7, 11) is 0. The molecule has 0 unspecified atom stereocenters. The van der Waals surface area contributed by atoms with Crippen LogP contribution in [0.3, 0.4) is 0 Å². The van der Waals surface area contributed by atoms with Gasteiger partial charge in [0.05, 0.1) is 0 Å². The van der Waals surface area contributed by atoms with Crippen molar-refractivity contribution in [3.05, 3.63) is 112 Å². The van der Waals surface area contributed by atoms with Crippen LogP contribution in [0.4, 0.5) is 5.69 Å². The number of nitrogens with zero attached hydrogens (tertiary/aromatic N) is 1. The standard InChI is InChI=1S/C27H24N2O3/c30-26(24-17-21-6-3-4-8-25(21)32-27(24)31)28-15-13-19-9-11-23(12-10-19)29-16-14-20-5-1-2-7-22(20)18-29/h1-12,17H,13-16,18H2,(H,28,30). The Morgan fingerprint density at radius 2 is 1.69 bits per heavy atom. The SMILES string of the molecule is O=C(NCCc1ccc(N2CCc3ccccc3C2)cc1)c1cc2ccccc2oc1=O. The van der Waals surface area contributed by atoms with Crippen molar-refractivity contribution >= 4 is 22.6 Å². The molecule has 0 saturated heterocycles. The molecule has 0 fully saturated rings. The van der Waals surface area contributed by atoms with E-state index in [2.05, 4.69) is 58.7 Å². The maximum absolute atomic E-state index is 12.5. The summed E-state index contributed by atoms with van der Waals surface area (Å²) in [4.78, 5) is 27.0. The third-order valence-electron chi connectivity index (χ3n) is 6.02. The van der Waals surface area contributed by atoms with E-state index < -0.39 is 11.5 Å². The number of hydrogen-bond acceptors (Lipinski definition) is 4. The summed E-state index contributed by atoms with van der Waals surface area (Å²) in [6.07, 6.45) is 1.75. The molecule has 1 aromatic heterocycles. The van der Waals surface area contributed by atoms with Crippen LogP contribution in [-0.2, 0) is 19.4 Å². The Morgan fingerprint density at radius 1 is 0.938 bits per heavy atom. The molecule has 1 N–H and O–H groups in total. The first-order chi connectivity index (χ1) is 15.7. The molecule has 5 rings (SSSR count). The van der Waals surface area contributed by atoms with Crippen molar-refractivity contribution < 1.29 is 9.21 Å². The fraction of sp³-hybridized carbons (Fsp3) is 0.185. The number of benzene rings is 3. The molecule has 0 saturated carbocycles. The first kappa shape index (κ1) is 20.1. The van der Waals surface area contributed by atoms with Crippen LogP contribution >= 0.6 is 0 Å². The van der Waals surface area contributed by atoms with Gasteiger partial charge in [0.25, 0.3) is 5.91 Å². The molecule has 0 radical (unpaired) electrons. The second-order valence-electron chi connectivity index (χ2n) is 8.10. The van der Waals surface area contributed by atoms with Crippen LogP contribution in [-0.4, -0.2) is 19.0 Å². The maximum atomic E-state index is 12.5. The monoisotopic (exact) mass is 424 g/mol. The fourth-order valence-electron chi connectivity index (χ4n) is 4.23. The highest BCUT2D eigenvalue weighted by Crippen LogP contribution is 2.24. The summed E-state index contributed by atoms with van der Waals surface area (Å²) in [5.74, 6) is -0.409. The Kier molecular flexibility index (Phi) is 5.46. The molecule has 4 aromatic rings. The van der Waals surface area contributed by atoms with Crippen molar-refractivity contribution in [2.75, 3.05) is 18.0 Å². The molecule has 1 aliphatic rings. The molecule has 0 bridgehead atoms. The van der Waals surface area contributed by atoms with Crippen LogP contribution in [0, 0.1) is 0 Å². The predicted molar refractivity (Wildman–Crippen MR) is 126 cm³/mol. The average Bonchev–Trinajstić information content (AvgIpc) is 2.83. The quantitative estimate of drug-likeness (QED) is 0.485. The lowest BCUT2D eigenvalue weighted by Crippen LogP contribution is -2.30. The van der Waals surface area contributed by atoms with Gasteiger partial charge < -0.3 is 14.6 Å². The number of nitrogens with one attached hydrogen (secondary N) is 1. The summed E-state index contributed by atoms with van der Waals surface area (Å²) < 4.78 is 5.25. The molecule has 5 nitrogen and oxygen atoms in total. The van der Waals surface area contributed by atoms with Crippen LogP contribution in [0.15, 0.2) is 88.1 Å². The normalized spacial score (nSPS) is 13.1. The number of para-hydroxylation sites is 1. The summed E-state index contributed by atoms with van der Waals surface area (Å²) >= 11 is 0. The van der Waals surface area contributed by atoms with E-state index in [1.165, 1.54) is 16.8 Å². The van der Waals surface area contributed by atoms with Crippen LogP contribution in [0.2, 0.25) is 0 Å². The maximum Gasteiger partial charge on any atom is 0.349 e. The Morgan fingerprint density at radius 3 is 2.53 bits per heavy atom. The van der Waals surface area contributed by atoms with E-state index in [9.17, 15) is 9.59 Å². The number of amides is 1. The van der Waals surface area contributed by atoms with Gasteiger partial charge in [-0.2, -0.15) is 0 Å². The average molecular weight is 425 g/mol. The zero-order valence-electron chi connectivity index (χ0n) is 17.7. The van der Waals surface area contributed by atoms with E-state index >= 15 is 0 Å². The summed E-state index contributed by atoms with van der Waals surface area (Å²) in [6, 6.07) is 25.9. The number of carbonyl (C=O) groups excluding carboxylic acids is 1. The molecule has 32 heavy (non-hydrogen) atoms. The van der Waals surface area contributed by atoms with Gasteiger partial charge in [0.1, 0.15) is 11.1 Å². The minimum Gasteiger partial charge on any atom is -0.422 e. The largest absolute Gasteiger partial charge is 0.422 e. The van der Waals surface area contributed by atoms with Gasteiger partial charge in [-0.3, -0.25) is 4.79 Å². The van der Waals surface area contributed by atoms with Crippen molar-refractivity contribution in [2.45, 2.75) is 19.4 Å². The molecular formula is C27H24N2O3. The molecule has 0 atom stereocenters. The Bertz CT molecular complexity index is 1320. The Balaban J connectivity index is 1.19. The van der Waals surface area contributed by atoms with Gasteiger partial charge in [0.15, 0.2) is 0 Å². The van der Waals surface area contributed by atoms with Crippen molar-refractivity contribution in [1.82, 2.24) is 5.32 Å². The van der Waals surface area contributed by atoms with Gasteiger partial charge in [-0.1, -0.05) is 54.6 Å². The van der Waals surface area contributed by atoms with Crippen molar-refractivity contribution in [1.29, 1.82) is 0 Å². The summed E-state index contributed by atoms with van der Waals surface area (Å²) in [5, 5.41) is 3.56. The van der Waals surface area contributed by atoms with Gasteiger partial charge in [-0.15, -0.1) is 0 Å². The molecule has 3 aromatic carbocycles. The lowest BCUT2D eigenvalue weighted by molar-refractivity contribution is 0.0950. The molecule has 2 heterocycles. The second kappa shape index (κ2) is 8.71. The summed E-state index contributed by atoms with van der Waals surface area (Å²) in [6.45, 7) is 2.39. The highest BCUT2D eigenvalue weighted by molar-refractivity contribution is 5.96. The topological polar surface area (TPSA) is 62.6 Å². The zero-order chi connectivity index (χ0) is 21.9. The molecule has 0 spiro atoms. The molecule has 1 aliphatic heterocycles. The molecule has 1 amide bonds. The van der Waals surface area contributed by atoms with Gasteiger partial charge >= 0.3 is 5.63 Å². The number of rotatable bonds is 5. The summed E-state index contributed by atoms with van der Waals surface area (Å²) in [5.41, 5.74) is 5.07. The lowest BCUT2D eigenvalue weighted by atomic mass is 9.99. The fourth-order valence-corrected chi connectivity index (χ4v) is 4.23. The smallest absolute Gasteiger partial charge is 0.349 e. The third kappa shape index (κ3) is 4.14. The van der Waals surface area contributed by atoms with Crippen LogP contribution in [0.1, 0.15) is 27.0 Å². The van der Waals surface area contributed by atoms with Gasteiger partial charge in [0.2, 0.25) is 0 Å². The van der Waals surface area contributed by atoms with E-state index in [4.69, 9.17) is 4.42 Å². The van der Waals surface area contributed by atoms with Gasteiger partial charge in [0, 0.05) is 30.7 Å². The van der Waals surface area contributed by atoms with E-state index in [0.717, 1.165) is 30.5 Å². The first-order valence-corrected chi connectivity index (χ1v) is 10.9. The number of hydrogen-bond donors (Lipinski definition) is 1. The molecular weight excluding hydrogens is 400 g/mol. The van der Waals surface area contributed by atoms with Crippen molar-refractivity contribution in [3.8, 4) is 0 Å². The highest BCUT2D eigenvalue weighted by Gasteiger charge is 2.16. The molecule has 0 aliphatic carbocycles.